The van der Waals surface area contributed by atoms with Gasteiger partial charge in [-0.2, -0.15) is 0 Å². The predicted octanol–water partition coefficient (Wildman–Crippen LogP) is 0.649. The fourth-order valence-electron chi connectivity index (χ4n) is 2.19. The average molecular weight is 225 g/mol. The highest BCUT2D eigenvalue weighted by molar-refractivity contribution is 4.96. The smallest absolute Gasteiger partial charge is 0.0645 e. The molecule has 0 aromatic carbocycles. The highest BCUT2D eigenvalue weighted by Crippen LogP contribution is 2.17. The number of allylic oxidation sites excluding steroid dienone is 1. The minimum Gasteiger partial charge on any atom is -0.401 e. The van der Waals surface area contributed by atoms with Gasteiger partial charge in [-0.1, -0.05) is 6.92 Å². The lowest BCUT2D eigenvalue weighted by molar-refractivity contribution is -0.0716. The molecule has 92 valence electrons. The van der Waals surface area contributed by atoms with Gasteiger partial charge in [-0.3, -0.25) is 4.90 Å². The van der Waals surface area contributed by atoms with Gasteiger partial charge in [0.15, 0.2) is 0 Å². The summed E-state index contributed by atoms with van der Waals surface area (Å²) in [5, 5.41) is 3.42. The van der Waals surface area contributed by atoms with Crippen LogP contribution in [0.2, 0.25) is 0 Å². The Bertz CT molecular complexity index is 243. The molecular weight excluding hydrogens is 202 g/mol. The summed E-state index contributed by atoms with van der Waals surface area (Å²) in [6.45, 7) is 6.31. The second kappa shape index (κ2) is 5.55. The van der Waals surface area contributed by atoms with Gasteiger partial charge >= 0.3 is 0 Å². The molecule has 4 heteroatoms. The maximum absolute atomic E-state index is 5.77. The largest absolute Gasteiger partial charge is 0.401 e. The lowest BCUT2D eigenvalue weighted by Crippen LogP contribution is -2.53. The van der Waals surface area contributed by atoms with Crippen molar-refractivity contribution in [2.24, 2.45) is 5.73 Å². The molecule has 0 amide bonds. The van der Waals surface area contributed by atoms with Crippen LogP contribution in [-0.4, -0.2) is 43.3 Å². The van der Waals surface area contributed by atoms with Crippen molar-refractivity contribution in [1.82, 2.24) is 10.2 Å². The molecule has 2 aliphatic rings. The predicted molar refractivity (Wildman–Crippen MR) is 64.9 cm³/mol. The van der Waals surface area contributed by atoms with Crippen LogP contribution < -0.4 is 11.1 Å². The van der Waals surface area contributed by atoms with Crippen LogP contribution in [0.15, 0.2) is 11.9 Å². The number of nitrogens with two attached hydrogens (primary N) is 1. The number of ether oxygens (including phenoxy) is 1. The average Bonchev–Trinajstić information content (AvgIpc) is 2.25. The van der Waals surface area contributed by atoms with E-state index in [9.17, 15) is 0 Å². The zero-order valence-corrected chi connectivity index (χ0v) is 10.1. The molecule has 0 saturated carbocycles. The number of likely N-dealkylation sites (tertiary alicyclic amines) is 1. The van der Waals surface area contributed by atoms with Crippen LogP contribution in [0.25, 0.3) is 0 Å². The Morgan fingerprint density at radius 1 is 1.44 bits per heavy atom. The van der Waals surface area contributed by atoms with E-state index in [4.69, 9.17) is 10.5 Å². The topological polar surface area (TPSA) is 50.5 Å². The summed E-state index contributed by atoms with van der Waals surface area (Å²) in [5.41, 5.74) is 6.71. The van der Waals surface area contributed by atoms with Crippen LogP contribution >= 0.6 is 0 Å². The highest BCUT2D eigenvalue weighted by Gasteiger charge is 2.29. The first-order valence-corrected chi connectivity index (χ1v) is 6.32. The molecule has 0 unspecified atom stereocenters. The van der Waals surface area contributed by atoms with Crippen molar-refractivity contribution in [2.75, 3.05) is 26.3 Å². The van der Waals surface area contributed by atoms with Crippen molar-refractivity contribution in [3.63, 3.8) is 0 Å². The van der Waals surface area contributed by atoms with Crippen molar-refractivity contribution in [1.29, 1.82) is 0 Å². The Hall–Kier alpha value is -0.740. The molecule has 0 aromatic heterocycles. The fraction of sp³-hybridized carbons (Fsp3) is 0.833. The van der Waals surface area contributed by atoms with Crippen LogP contribution in [-0.2, 0) is 4.74 Å². The Morgan fingerprint density at radius 2 is 2.12 bits per heavy atom. The van der Waals surface area contributed by atoms with Crippen LogP contribution in [0.4, 0.5) is 0 Å². The second-order valence-electron chi connectivity index (χ2n) is 4.74. The van der Waals surface area contributed by atoms with Crippen LogP contribution in [0.3, 0.4) is 0 Å². The van der Waals surface area contributed by atoms with Crippen molar-refractivity contribution >= 4 is 0 Å². The Labute approximate surface area is 97.8 Å². The number of rotatable bonds is 4. The van der Waals surface area contributed by atoms with Gasteiger partial charge in [0, 0.05) is 31.0 Å². The third kappa shape index (κ3) is 2.89. The molecule has 2 fully saturated rings. The van der Waals surface area contributed by atoms with Gasteiger partial charge in [0.2, 0.25) is 0 Å². The molecule has 0 radical (unpaired) electrons. The Morgan fingerprint density at radius 3 is 2.62 bits per heavy atom. The van der Waals surface area contributed by atoms with Gasteiger partial charge < -0.3 is 15.8 Å². The van der Waals surface area contributed by atoms with E-state index in [1.165, 1.54) is 25.9 Å². The maximum atomic E-state index is 5.77. The maximum Gasteiger partial charge on any atom is 0.0645 e. The van der Waals surface area contributed by atoms with E-state index in [-0.39, 0.29) is 0 Å². The summed E-state index contributed by atoms with van der Waals surface area (Å²) < 4.78 is 5.23. The minimum absolute atomic E-state index is 0.599. The summed E-state index contributed by atoms with van der Waals surface area (Å²) in [6.07, 6.45) is 5.33. The minimum atomic E-state index is 0.599. The van der Waals surface area contributed by atoms with Crippen molar-refractivity contribution in [3.8, 4) is 0 Å². The van der Waals surface area contributed by atoms with E-state index < -0.39 is 0 Å². The molecule has 2 aliphatic heterocycles. The SMILES string of the molecule is CC/C(N)=C/NC1CCN(C2COC2)CC1. The summed E-state index contributed by atoms with van der Waals surface area (Å²) in [5.74, 6) is 0. The van der Waals surface area contributed by atoms with Gasteiger partial charge in [0.25, 0.3) is 0 Å². The number of nitrogens with zero attached hydrogens (tertiary/aromatic N) is 1. The molecule has 0 aliphatic carbocycles. The number of piperidine rings is 1. The third-order valence-corrected chi connectivity index (χ3v) is 3.58. The first-order chi connectivity index (χ1) is 7.79. The molecule has 0 atom stereocenters. The summed E-state index contributed by atoms with van der Waals surface area (Å²) >= 11 is 0. The molecular formula is C12H23N3O. The van der Waals surface area contributed by atoms with E-state index in [2.05, 4.69) is 17.1 Å². The molecule has 2 heterocycles. The molecule has 2 rings (SSSR count). The zero-order valence-electron chi connectivity index (χ0n) is 10.1. The Balaban J connectivity index is 1.68. The van der Waals surface area contributed by atoms with Crippen molar-refractivity contribution < 1.29 is 4.74 Å². The summed E-state index contributed by atoms with van der Waals surface area (Å²) in [7, 11) is 0. The zero-order chi connectivity index (χ0) is 11.4. The first kappa shape index (κ1) is 11.7. The van der Waals surface area contributed by atoms with Gasteiger partial charge in [-0.15, -0.1) is 0 Å². The number of hydrogen-bond donors (Lipinski definition) is 2. The molecule has 16 heavy (non-hydrogen) atoms. The van der Waals surface area contributed by atoms with E-state index in [0.29, 0.717) is 12.1 Å². The van der Waals surface area contributed by atoms with Crippen LogP contribution in [0, 0.1) is 0 Å². The third-order valence-electron chi connectivity index (χ3n) is 3.58. The van der Waals surface area contributed by atoms with Gasteiger partial charge in [-0.25, -0.2) is 0 Å². The molecule has 0 spiro atoms. The normalized spacial score (nSPS) is 25.4. The van der Waals surface area contributed by atoms with Crippen LogP contribution in [0.5, 0.6) is 0 Å². The number of nitrogens with one attached hydrogen (secondary N) is 1. The molecule has 3 N–H and O–H groups in total. The van der Waals surface area contributed by atoms with Gasteiger partial charge in [0.1, 0.15) is 0 Å². The molecule has 4 nitrogen and oxygen atoms in total. The van der Waals surface area contributed by atoms with E-state index in [1.54, 1.807) is 0 Å². The fourth-order valence-corrected chi connectivity index (χ4v) is 2.19. The second-order valence-corrected chi connectivity index (χ2v) is 4.74. The van der Waals surface area contributed by atoms with Crippen molar-refractivity contribution in [3.05, 3.63) is 11.9 Å². The van der Waals surface area contributed by atoms with Gasteiger partial charge in [-0.05, 0) is 19.3 Å². The lowest BCUT2D eigenvalue weighted by Gasteiger charge is -2.41. The molecule has 2 saturated heterocycles. The highest BCUT2D eigenvalue weighted by atomic mass is 16.5. The van der Waals surface area contributed by atoms with Crippen molar-refractivity contribution in [2.45, 2.75) is 38.3 Å². The Kier molecular flexibility index (Phi) is 4.07. The van der Waals surface area contributed by atoms with Gasteiger partial charge in [0.05, 0.1) is 19.3 Å². The standard InChI is InChI=1S/C12H23N3O/c1-2-10(13)7-14-11-3-5-15(6-4-11)12-8-16-9-12/h7,11-12,14H,2-6,8-9,13H2,1H3/b10-7-. The summed E-state index contributed by atoms with van der Waals surface area (Å²) in [6, 6.07) is 1.29. The van der Waals surface area contributed by atoms with E-state index in [0.717, 1.165) is 25.3 Å². The number of hydrogen-bond acceptors (Lipinski definition) is 4. The quantitative estimate of drug-likeness (QED) is 0.737. The molecule has 0 bridgehead atoms. The first-order valence-electron chi connectivity index (χ1n) is 6.32. The van der Waals surface area contributed by atoms with E-state index >= 15 is 0 Å². The molecule has 0 aromatic rings. The monoisotopic (exact) mass is 225 g/mol. The lowest BCUT2D eigenvalue weighted by atomic mass is 10.0. The summed E-state index contributed by atoms with van der Waals surface area (Å²) in [4.78, 5) is 2.55. The van der Waals surface area contributed by atoms with E-state index in [1.807, 2.05) is 6.20 Å². The van der Waals surface area contributed by atoms with Crippen LogP contribution in [0.1, 0.15) is 26.2 Å².